The number of halogens is 4. The van der Waals surface area contributed by atoms with Gasteiger partial charge < -0.3 is 10.1 Å². The molecule has 0 radical (unpaired) electrons. The van der Waals surface area contributed by atoms with Crippen molar-refractivity contribution in [3.05, 3.63) is 39.6 Å². The number of rotatable bonds is 8. The number of hydrogen-bond donors (Lipinski definition) is 1. The third-order valence-corrected chi connectivity index (χ3v) is 4.05. The van der Waals surface area contributed by atoms with Crippen LogP contribution in [0.4, 0.5) is 24.8 Å². The highest BCUT2D eigenvalue weighted by atomic mass is 127. The highest BCUT2D eigenvalue weighted by Gasteiger charge is 2.36. The number of nitrogens with zero attached hydrogens (tertiary/aromatic N) is 2. The molecule has 1 aromatic heterocycles. The van der Waals surface area contributed by atoms with Gasteiger partial charge in [0.1, 0.15) is 5.56 Å². The van der Waals surface area contributed by atoms with Crippen LogP contribution in [0.3, 0.4) is 0 Å². The van der Waals surface area contributed by atoms with Gasteiger partial charge in [-0.15, -0.1) is 0 Å². The zero-order valence-electron chi connectivity index (χ0n) is 13.7. The lowest BCUT2D eigenvalue weighted by Crippen LogP contribution is -2.13. The summed E-state index contributed by atoms with van der Waals surface area (Å²) in [5.41, 5.74) is -0.267. The maximum atomic E-state index is 13.1. The topological polar surface area (TPSA) is 47.0 Å². The number of unbranched alkanes of at least 4 members (excludes halogenated alkanes) is 3. The predicted molar refractivity (Wildman–Crippen MR) is 99.1 cm³/mol. The van der Waals surface area contributed by atoms with E-state index in [1.165, 1.54) is 0 Å². The normalized spacial score (nSPS) is 11.4. The second-order valence-corrected chi connectivity index (χ2v) is 6.70. The Morgan fingerprint density at radius 1 is 1.20 bits per heavy atom. The molecule has 25 heavy (non-hydrogen) atoms. The van der Waals surface area contributed by atoms with Crippen molar-refractivity contribution in [2.24, 2.45) is 0 Å². The molecule has 2 aromatic rings. The van der Waals surface area contributed by atoms with Crippen LogP contribution in [0, 0.1) is 3.57 Å². The molecule has 0 saturated heterocycles. The molecule has 1 heterocycles. The van der Waals surface area contributed by atoms with E-state index < -0.39 is 17.6 Å². The van der Waals surface area contributed by atoms with Crippen LogP contribution in [-0.4, -0.2) is 16.6 Å². The molecule has 0 aliphatic carbocycles. The largest absolute Gasteiger partial charge is 0.477 e. The molecule has 0 spiro atoms. The summed E-state index contributed by atoms with van der Waals surface area (Å²) in [5.74, 6) is -0.370. The Kier molecular flexibility index (Phi) is 7.27. The van der Waals surface area contributed by atoms with Crippen LogP contribution in [0.1, 0.15) is 38.2 Å². The monoisotopic (exact) mass is 465 g/mol. The Labute approximate surface area is 158 Å². The SMILES string of the molecule is CCCCCCOc1nc(Nc2cccc(I)c2)ncc1C(F)(F)F. The van der Waals surface area contributed by atoms with E-state index in [-0.39, 0.29) is 12.6 Å². The summed E-state index contributed by atoms with van der Waals surface area (Å²) in [4.78, 5) is 7.68. The molecule has 0 atom stereocenters. The van der Waals surface area contributed by atoms with Gasteiger partial charge in [-0.3, -0.25) is 0 Å². The Hall–Kier alpha value is -1.58. The first kappa shape index (κ1) is 19.7. The van der Waals surface area contributed by atoms with Gasteiger partial charge in [0.15, 0.2) is 0 Å². The van der Waals surface area contributed by atoms with Crippen molar-refractivity contribution < 1.29 is 17.9 Å². The summed E-state index contributed by atoms with van der Waals surface area (Å²) >= 11 is 2.15. The van der Waals surface area contributed by atoms with Crippen molar-refractivity contribution in [1.82, 2.24) is 9.97 Å². The first-order chi connectivity index (χ1) is 11.9. The minimum atomic E-state index is -4.56. The molecule has 0 aliphatic heterocycles. The first-order valence-electron chi connectivity index (χ1n) is 7.99. The molecule has 136 valence electrons. The Bertz CT molecular complexity index is 695. The van der Waals surface area contributed by atoms with Crippen LogP contribution in [0.15, 0.2) is 30.5 Å². The van der Waals surface area contributed by atoms with E-state index in [0.29, 0.717) is 12.1 Å². The molecule has 1 N–H and O–H groups in total. The molecule has 4 nitrogen and oxygen atoms in total. The third-order valence-electron chi connectivity index (χ3n) is 3.38. The fourth-order valence-corrected chi connectivity index (χ4v) is 2.67. The van der Waals surface area contributed by atoms with Crippen molar-refractivity contribution in [2.45, 2.75) is 38.8 Å². The van der Waals surface area contributed by atoms with Gasteiger partial charge in [-0.05, 0) is 47.2 Å². The lowest BCUT2D eigenvalue weighted by molar-refractivity contribution is -0.139. The summed E-state index contributed by atoms with van der Waals surface area (Å²) in [7, 11) is 0. The lowest BCUT2D eigenvalue weighted by Gasteiger charge is -2.14. The van der Waals surface area contributed by atoms with Gasteiger partial charge in [0.2, 0.25) is 11.8 Å². The van der Waals surface area contributed by atoms with E-state index in [4.69, 9.17) is 4.74 Å². The Balaban J connectivity index is 2.15. The quantitative estimate of drug-likeness (QED) is 0.396. The molecule has 0 fully saturated rings. The molecule has 0 unspecified atom stereocenters. The van der Waals surface area contributed by atoms with Gasteiger partial charge >= 0.3 is 6.18 Å². The molecule has 0 aliphatic rings. The molecule has 0 bridgehead atoms. The molecule has 0 saturated carbocycles. The average molecular weight is 465 g/mol. The zero-order chi connectivity index (χ0) is 18.3. The van der Waals surface area contributed by atoms with Crippen LogP contribution in [0.25, 0.3) is 0 Å². The number of alkyl halides is 3. The number of hydrogen-bond acceptors (Lipinski definition) is 4. The predicted octanol–water partition coefficient (Wildman–Crippen LogP) is 5.80. The maximum Gasteiger partial charge on any atom is 0.423 e. The summed E-state index contributed by atoms with van der Waals surface area (Å²) in [6.45, 7) is 2.26. The van der Waals surface area contributed by atoms with Crippen molar-refractivity contribution in [3.8, 4) is 5.88 Å². The summed E-state index contributed by atoms with van der Waals surface area (Å²) in [5, 5.41) is 2.90. The molecule has 8 heteroatoms. The van der Waals surface area contributed by atoms with Gasteiger partial charge in [-0.1, -0.05) is 32.3 Å². The second kappa shape index (κ2) is 9.21. The van der Waals surface area contributed by atoms with Crippen molar-refractivity contribution in [2.75, 3.05) is 11.9 Å². The standard InChI is InChI=1S/C17H19F3IN3O/c1-2-3-4-5-9-25-15-14(17(18,19)20)11-22-16(24-15)23-13-8-6-7-12(21)10-13/h6-8,10-11H,2-5,9H2,1H3,(H,22,23,24). The fraction of sp³-hybridized carbons (Fsp3) is 0.412. The minimum absolute atomic E-state index is 0.0681. The number of benzene rings is 1. The first-order valence-corrected chi connectivity index (χ1v) is 9.07. The summed E-state index contributed by atoms with van der Waals surface area (Å²) in [6, 6.07) is 7.37. The van der Waals surface area contributed by atoms with E-state index in [0.717, 1.165) is 29.0 Å². The molecular weight excluding hydrogens is 446 g/mol. The van der Waals surface area contributed by atoms with Gasteiger partial charge in [0.25, 0.3) is 0 Å². The smallest absolute Gasteiger partial charge is 0.423 e. The maximum absolute atomic E-state index is 13.1. The van der Waals surface area contributed by atoms with E-state index in [1.54, 1.807) is 6.07 Å². The van der Waals surface area contributed by atoms with Gasteiger partial charge in [-0.2, -0.15) is 18.2 Å². The Morgan fingerprint density at radius 3 is 2.68 bits per heavy atom. The van der Waals surface area contributed by atoms with Gasteiger partial charge in [0, 0.05) is 15.5 Å². The fourth-order valence-electron chi connectivity index (χ4n) is 2.12. The molecule has 1 aromatic carbocycles. The number of nitrogens with one attached hydrogen (secondary N) is 1. The zero-order valence-corrected chi connectivity index (χ0v) is 15.9. The third kappa shape index (κ3) is 6.33. The van der Waals surface area contributed by atoms with Crippen molar-refractivity contribution in [3.63, 3.8) is 0 Å². The highest BCUT2D eigenvalue weighted by molar-refractivity contribution is 14.1. The van der Waals surface area contributed by atoms with Crippen LogP contribution < -0.4 is 10.1 Å². The van der Waals surface area contributed by atoms with E-state index in [1.807, 2.05) is 18.2 Å². The van der Waals surface area contributed by atoms with Gasteiger partial charge in [0.05, 0.1) is 6.61 Å². The lowest BCUT2D eigenvalue weighted by atomic mass is 10.2. The van der Waals surface area contributed by atoms with Crippen LogP contribution in [-0.2, 0) is 6.18 Å². The summed E-state index contributed by atoms with van der Waals surface area (Å²) in [6.07, 6.45) is -0.126. The van der Waals surface area contributed by atoms with E-state index in [9.17, 15) is 13.2 Å². The molecule has 0 amide bonds. The van der Waals surface area contributed by atoms with Crippen LogP contribution in [0.5, 0.6) is 5.88 Å². The van der Waals surface area contributed by atoms with E-state index in [2.05, 4.69) is 44.8 Å². The highest BCUT2D eigenvalue weighted by Crippen LogP contribution is 2.35. The Morgan fingerprint density at radius 2 is 2.00 bits per heavy atom. The number of aromatic nitrogens is 2. The number of anilines is 2. The average Bonchev–Trinajstić information content (AvgIpc) is 2.54. The minimum Gasteiger partial charge on any atom is -0.477 e. The number of ether oxygens (including phenoxy) is 1. The van der Waals surface area contributed by atoms with Gasteiger partial charge in [-0.25, -0.2) is 4.98 Å². The second-order valence-electron chi connectivity index (χ2n) is 5.45. The van der Waals surface area contributed by atoms with E-state index >= 15 is 0 Å². The van der Waals surface area contributed by atoms with Crippen LogP contribution in [0.2, 0.25) is 0 Å². The van der Waals surface area contributed by atoms with Crippen molar-refractivity contribution in [1.29, 1.82) is 0 Å². The summed E-state index contributed by atoms with van der Waals surface area (Å²) < 4.78 is 45.6. The van der Waals surface area contributed by atoms with Crippen LogP contribution >= 0.6 is 22.6 Å². The molecular formula is C17H19F3IN3O. The molecule has 2 rings (SSSR count). The van der Waals surface area contributed by atoms with Crippen molar-refractivity contribution >= 4 is 34.2 Å².